The van der Waals surface area contributed by atoms with Crippen molar-refractivity contribution in [1.82, 2.24) is 30.0 Å². The molecule has 148 valence electrons. The molecule has 0 spiro atoms. The Balaban J connectivity index is 1.71. The van der Waals surface area contributed by atoms with Gasteiger partial charge in [0.15, 0.2) is 11.8 Å². The summed E-state index contributed by atoms with van der Waals surface area (Å²) in [5.41, 5.74) is 0.962. The molecule has 0 amide bonds. The van der Waals surface area contributed by atoms with Crippen LogP contribution in [0.1, 0.15) is 49.4 Å². The number of nitrogens with one attached hydrogen (secondary N) is 2. The van der Waals surface area contributed by atoms with E-state index in [1.807, 2.05) is 36.2 Å². The number of aromatic nitrogens is 4. The fourth-order valence-corrected chi connectivity index (χ4v) is 3.68. The third-order valence-electron chi connectivity index (χ3n) is 5.16. The SMILES string of the molecule is Cc1nnc(CNC(=NCc2cc(Cl)c(Cl)n2C)NC2CCCCC2)n1C. The van der Waals surface area contributed by atoms with E-state index in [2.05, 4.69) is 20.8 Å². The maximum atomic E-state index is 6.16. The zero-order chi connectivity index (χ0) is 19.4. The first-order valence-corrected chi connectivity index (χ1v) is 10.1. The van der Waals surface area contributed by atoms with Gasteiger partial charge in [0.05, 0.1) is 18.1 Å². The van der Waals surface area contributed by atoms with Crippen LogP contribution in [0.3, 0.4) is 0 Å². The minimum absolute atomic E-state index is 0.451. The summed E-state index contributed by atoms with van der Waals surface area (Å²) in [5.74, 6) is 2.53. The van der Waals surface area contributed by atoms with Crippen molar-refractivity contribution < 1.29 is 0 Å². The molecule has 0 aliphatic heterocycles. The van der Waals surface area contributed by atoms with E-state index < -0.39 is 0 Å². The highest BCUT2D eigenvalue weighted by Crippen LogP contribution is 2.25. The van der Waals surface area contributed by atoms with Crippen LogP contribution in [-0.2, 0) is 27.2 Å². The third-order valence-corrected chi connectivity index (χ3v) is 6.00. The molecular formula is C18H27Cl2N7. The molecule has 0 bridgehead atoms. The van der Waals surface area contributed by atoms with Crippen molar-refractivity contribution in [2.24, 2.45) is 19.1 Å². The number of rotatable bonds is 5. The summed E-state index contributed by atoms with van der Waals surface area (Å²) in [6.07, 6.45) is 6.18. The Morgan fingerprint density at radius 2 is 1.93 bits per heavy atom. The standard InChI is InChI=1S/C18H27Cl2N7/c1-12-24-25-16(26(12)2)11-22-18(23-13-7-5-4-6-8-13)21-10-14-9-15(19)17(20)27(14)3/h9,13H,4-8,10-11H2,1-3H3,(H2,21,22,23). The number of aryl methyl sites for hydroxylation is 1. The molecule has 1 fully saturated rings. The van der Waals surface area contributed by atoms with E-state index in [1.54, 1.807) is 0 Å². The van der Waals surface area contributed by atoms with Crippen LogP contribution in [0.5, 0.6) is 0 Å². The highest BCUT2D eigenvalue weighted by Gasteiger charge is 2.16. The van der Waals surface area contributed by atoms with Crippen molar-refractivity contribution in [2.45, 2.75) is 58.2 Å². The number of hydrogen-bond donors (Lipinski definition) is 2. The fourth-order valence-electron chi connectivity index (χ4n) is 3.26. The smallest absolute Gasteiger partial charge is 0.192 e. The van der Waals surface area contributed by atoms with Crippen LogP contribution in [-0.4, -0.2) is 31.3 Å². The van der Waals surface area contributed by atoms with Gasteiger partial charge in [-0.3, -0.25) is 0 Å². The first-order valence-electron chi connectivity index (χ1n) is 9.35. The second-order valence-corrected chi connectivity index (χ2v) is 7.82. The minimum atomic E-state index is 0.451. The van der Waals surface area contributed by atoms with Crippen molar-refractivity contribution in [3.63, 3.8) is 0 Å². The normalized spacial score (nSPS) is 16.0. The van der Waals surface area contributed by atoms with Gasteiger partial charge < -0.3 is 19.8 Å². The van der Waals surface area contributed by atoms with Gasteiger partial charge in [-0.05, 0) is 25.8 Å². The molecule has 0 saturated heterocycles. The van der Waals surface area contributed by atoms with Gasteiger partial charge in [0.1, 0.15) is 11.0 Å². The van der Waals surface area contributed by atoms with Gasteiger partial charge in [-0.1, -0.05) is 42.5 Å². The first kappa shape index (κ1) is 20.0. The van der Waals surface area contributed by atoms with Crippen molar-refractivity contribution >= 4 is 29.2 Å². The third kappa shape index (κ3) is 4.96. The lowest BCUT2D eigenvalue weighted by atomic mass is 9.96. The average molecular weight is 412 g/mol. The highest BCUT2D eigenvalue weighted by molar-refractivity contribution is 6.41. The molecule has 0 atom stereocenters. The van der Waals surface area contributed by atoms with Gasteiger partial charge in [-0.15, -0.1) is 10.2 Å². The summed E-state index contributed by atoms with van der Waals surface area (Å²) in [6.45, 7) is 2.99. The Bertz CT molecular complexity index is 803. The molecule has 1 aliphatic rings. The molecule has 1 aliphatic carbocycles. The van der Waals surface area contributed by atoms with Gasteiger partial charge >= 0.3 is 0 Å². The Morgan fingerprint density at radius 1 is 1.19 bits per heavy atom. The predicted molar refractivity (Wildman–Crippen MR) is 109 cm³/mol. The molecule has 2 aromatic rings. The summed E-state index contributed by atoms with van der Waals surface area (Å²) in [5, 5.41) is 16.4. The van der Waals surface area contributed by atoms with E-state index in [9.17, 15) is 0 Å². The predicted octanol–water partition coefficient (Wildman–Crippen LogP) is 3.34. The number of halogens is 2. The van der Waals surface area contributed by atoms with Crippen LogP contribution in [0, 0.1) is 6.92 Å². The minimum Gasteiger partial charge on any atom is -0.354 e. The highest BCUT2D eigenvalue weighted by atomic mass is 35.5. The maximum absolute atomic E-state index is 6.16. The van der Waals surface area contributed by atoms with E-state index in [4.69, 9.17) is 28.2 Å². The van der Waals surface area contributed by atoms with E-state index in [-0.39, 0.29) is 0 Å². The number of nitrogens with zero attached hydrogens (tertiary/aromatic N) is 5. The van der Waals surface area contributed by atoms with Gasteiger partial charge in [0.2, 0.25) is 0 Å². The summed E-state index contributed by atoms with van der Waals surface area (Å²) in [7, 11) is 3.86. The zero-order valence-electron chi connectivity index (χ0n) is 16.1. The molecule has 2 N–H and O–H groups in total. The van der Waals surface area contributed by atoms with Gasteiger partial charge in [0.25, 0.3) is 0 Å². The fraction of sp³-hybridized carbons (Fsp3) is 0.611. The lowest BCUT2D eigenvalue weighted by Gasteiger charge is -2.25. The number of hydrogen-bond acceptors (Lipinski definition) is 3. The molecule has 27 heavy (non-hydrogen) atoms. The van der Waals surface area contributed by atoms with Crippen molar-refractivity contribution in [3.05, 3.63) is 33.6 Å². The molecule has 7 nitrogen and oxygen atoms in total. The topological polar surface area (TPSA) is 72.1 Å². The molecule has 2 aromatic heterocycles. The number of aliphatic imine (C=N–C) groups is 1. The van der Waals surface area contributed by atoms with Gasteiger partial charge in [-0.25, -0.2) is 4.99 Å². The van der Waals surface area contributed by atoms with E-state index >= 15 is 0 Å². The molecule has 0 aromatic carbocycles. The Labute approximate surface area is 170 Å². The summed E-state index contributed by atoms with van der Waals surface area (Å²) in [4.78, 5) is 4.75. The molecule has 1 saturated carbocycles. The zero-order valence-corrected chi connectivity index (χ0v) is 17.6. The lowest BCUT2D eigenvalue weighted by molar-refractivity contribution is 0.409. The second-order valence-electron chi connectivity index (χ2n) is 7.05. The molecule has 0 radical (unpaired) electrons. The summed E-state index contributed by atoms with van der Waals surface area (Å²) < 4.78 is 3.83. The molecule has 3 rings (SSSR count). The average Bonchev–Trinajstić information content (AvgIpc) is 3.12. The van der Waals surface area contributed by atoms with E-state index in [1.165, 1.54) is 32.1 Å². The van der Waals surface area contributed by atoms with Crippen LogP contribution < -0.4 is 10.6 Å². The quantitative estimate of drug-likeness (QED) is 0.584. The van der Waals surface area contributed by atoms with E-state index in [0.717, 1.165) is 23.3 Å². The van der Waals surface area contributed by atoms with Crippen LogP contribution in [0.25, 0.3) is 0 Å². The van der Waals surface area contributed by atoms with Crippen molar-refractivity contribution in [1.29, 1.82) is 0 Å². The first-order chi connectivity index (χ1) is 13.0. The number of guanidine groups is 1. The van der Waals surface area contributed by atoms with Gasteiger partial charge in [-0.2, -0.15) is 0 Å². The lowest BCUT2D eigenvalue weighted by Crippen LogP contribution is -2.44. The van der Waals surface area contributed by atoms with Crippen LogP contribution in [0.4, 0.5) is 0 Å². The monoisotopic (exact) mass is 411 g/mol. The van der Waals surface area contributed by atoms with Crippen LogP contribution in [0.2, 0.25) is 10.2 Å². The summed E-state index contributed by atoms with van der Waals surface area (Å²) in [6, 6.07) is 2.31. The Kier molecular flexibility index (Phi) is 6.65. The summed E-state index contributed by atoms with van der Waals surface area (Å²) >= 11 is 12.3. The Hall–Kier alpha value is -1.73. The molecule has 2 heterocycles. The van der Waals surface area contributed by atoms with Crippen molar-refractivity contribution in [3.8, 4) is 0 Å². The maximum Gasteiger partial charge on any atom is 0.192 e. The molecule has 0 unspecified atom stereocenters. The van der Waals surface area contributed by atoms with Crippen molar-refractivity contribution in [2.75, 3.05) is 0 Å². The Morgan fingerprint density at radius 3 is 2.52 bits per heavy atom. The van der Waals surface area contributed by atoms with Crippen LogP contribution >= 0.6 is 23.2 Å². The largest absolute Gasteiger partial charge is 0.354 e. The molecule has 9 heteroatoms. The van der Waals surface area contributed by atoms with E-state index in [0.29, 0.717) is 29.3 Å². The van der Waals surface area contributed by atoms with Gasteiger partial charge in [0, 0.05) is 25.8 Å². The van der Waals surface area contributed by atoms with Crippen LogP contribution in [0.15, 0.2) is 11.1 Å². The molecular weight excluding hydrogens is 385 g/mol. The second kappa shape index (κ2) is 8.97.